The summed E-state index contributed by atoms with van der Waals surface area (Å²) in [5.74, 6) is 0.805. The van der Waals surface area contributed by atoms with Crippen molar-refractivity contribution in [3.63, 3.8) is 0 Å². The molecule has 8 heteroatoms. The van der Waals surface area contributed by atoms with Gasteiger partial charge in [-0.1, -0.05) is 12.1 Å². The van der Waals surface area contributed by atoms with Gasteiger partial charge in [-0.3, -0.25) is 9.78 Å². The van der Waals surface area contributed by atoms with Crippen LogP contribution in [0, 0.1) is 0 Å². The van der Waals surface area contributed by atoms with Crippen LogP contribution in [0.15, 0.2) is 36.7 Å². The van der Waals surface area contributed by atoms with Gasteiger partial charge in [0.2, 0.25) is 11.8 Å². The number of thiazole rings is 1. The molecular weight excluding hydrogens is 364 g/mol. The summed E-state index contributed by atoms with van der Waals surface area (Å²) in [6, 6.07) is 7.93. The number of benzene rings is 1. The van der Waals surface area contributed by atoms with E-state index in [1.54, 1.807) is 19.5 Å². The van der Waals surface area contributed by atoms with Crippen molar-refractivity contribution in [1.82, 2.24) is 20.3 Å². The van der Waals surface area contributed by atoms with Gasteiger partial charge in [0.05, 0.1) is 29.7 Å². The predicted molar refractivity (Wildman–Crippen MR) is 102 cm³/mol. The number of ether oxygens (including phenoxy) is 2. The Labute approximate surface area is 160 Å². The largest absolute Gasteiger partial charge is 0.480 e. The van der Waals surface area contributed by atoms with Gasteiger partial charge >= 0.3 is 0 Å². The van der Waals surface area contributed by atoms with Gasteiger partial charge in [-0.05, 0) is 37.8 Å². The highest BCUT2D eigenvalue weighted by molar-refractivity contribution is 7.20. The second-order valence-corrected chi connectivity index (χ2v) is 7.48. The van der Waals surface area contributed by atoms with E-state index in [-0.39, 0.29) is 18.1 Å². The Kier molecular flexibility index (Phi) is 5.15. The molecule has 0 radical (unpaired) electrons. The van der Waals surface area contributed by atoms with Crippen LogP contribution < -0.4 is 14.8 Å². The van der Waals surface area contributed by atoms with Crippen molar-refractivity contribution in [3.8, 4) is 11.8 Å². The van der Waals surface area contributed by atoms with E-state index in [1.165, 1.54) is 11.3 Å². The molecule has 1 aliphatic rings. The van der Waals surface area contributed by atoms with Crippen LogP contribution in [0.4, 0.5) is 0 Å². The lowest BCUT2D eigenvalue weighted by atomic mass is 9.93. The number of fused-ring (bicyclic) bond motifs is 1. The fourth-order valence-corrected chi connectivity index (χ4v) is 4.07. The molecule has 0 unspecified atom stereocenters. The Balaban J connectivity index is 1.30. The van der Waals surface area contributed by atoms with Gasteiger partial charge in [0.15, 0.2) is 5.01 Å². The monoisotopic (exact) mass is 384 g/mol. The number of amides is 1. The lowest BCUT2D eigenvalue weighted by Crippen LogP contribution is -2.39. The lowest BCUT2D eigenvalue weighted by molar-refractivity contribution is 0.0889. The zero-order chi connectivity index (χ0) is 18.6. The van der Waals surface area contributed by atoms with Crippen molar-refractivity contribution in [3.05, 3.63) is 41.7 Å². The predicted octanol–water partition coefficient (Wildman–Crippen LogP) is 3.21. The number of aromatic nitrogens is 3. The summed E-state index contributed by atoms with van der Waals surface area (Å²) in [7, 11) is 1.55. The van der Waals surface area contributed by atoms with Crippen molar-refractivity contribution in [2.75, 3.05) is 7.11 Å². The van der Waals surface area contributed by atoms with E-state index in [2.05, 4.69) is 20.3 Å². The Hall–Kier alpha value is -2.74. The SMILES string of the molecule is COc1cncc(OC2CCC(NC(=O)c3nc4ccccc4s3)CC2)n1. The van der Waals surface area contributed by atoms with Crippen molar-refractivity contribution in [1.29, 1.82) is 0 Å². The van der Waals surface area contributed by atoms with Crippen LogP contribution in [-0.4, -0.2) is 40.1 Å². The van der Waals surface area contributed by atoms with E-state index >= 15 is 0 Å². The third-order valence-corrected chi connectivity index (χ3v) is 5.62. The summed E-state index contributed by atoms with van der Waals surface area (Å²) in [5.41, 5.74) is 0.865. The summed E-state index contributed by atoms with van der Waals surface area (Å²) in [4.78, 5) is 25.2. The Bertz CT molecular complexity index is 904. The van der Waals surface area contributed by atoms with Crippen LogP contribution in [0.2, 0.25) is 0 Å². The summed E-state index contributed by atoms with van der Waals surface area (Å²) in [5, 5.41) is 3.62. The first-order valence-corrected chi connectivity index (χ1v) is 9.72. The minimum absolute atomic E-state index is 0.0713. The zero-order valence-corrected chi connectivity index (χ0v) is 15.7. The van der Waals surface area contributed by atoms with Gasteiger partial charge in [-0.2, -0.15) is 4.98 Å². The fraction of sp³-hybridized carbons (Fsp3) is 0.368. The molecule has 0 spiro atoms. The Morgan fingerprint density at radius 3 is 2.67 bits per heavy atom. The van der Waals surface area contributed by atoms with Gasteiger partial charge < -0.3 is 14.8 Å². The molecule has 1 N–H and O–H groups in total. The molecule has 1 fully saturated rings. The highest BCUT2D eigenvalue weighted by atomic mass is 32.1. The summed E-state index contributed by atoms with van der Waals surface area (Å²) in [6.45, 7) is 0. The second-order valence-electron chi connectivity index (χ2n) is 6.45. The minimum Gasteiger partial charge on any atom is -0.480 e. The maximum atomic E-state index is 12.5. The molecule has 1 aliphatic carbocycles. The van der Waals surface area contributed by atoms with Gasteiger partial charge in [-0.15, -0.1) is 11.3 Å². The zero-order valence-electron chi connectivity index (χ0n) is 14.9. The Morgan fingerprint density at radius 1 is 1.11 bits per heavy atom. The number of nitrogens with zero attached hydrogens (tertiary/aromatic N) is 3. The molecule has 3 aromatic rings. The lowest BCUT2D eigenvalue weighted by Gasteiger charge is -2.28. The molecule has 0 aliphatic heterocycles. The number of carbonyl (C=O) groups excluding carboxylic acids is 1. The topological polar surface area (TPSA) is 86.2 Å². The number of hydrogen-bond acceptors (Lipinski definition) is 7. The number of para-hydroxylation sites is 1. The van der Waals surface area contributed by atoms with Crippen molar-refractivity contribution in [2.45, 2.75) is 37.8 Å². The molecule has 1 amide bonds. The van der Waals surface area contributed by atoms with Crippen LogP contribution in [0.3, 0.4) is 0 Å². The molecule has 2 aromatic heterocycles. The number of rotatable bonds is 5. The van der Waals surface area contributed by atoms with Crippen molar-refractivity contribution >= 4 is 27.5 Å². The van der Waals surface area contributed by atoms with Crippen LogP contribution in [-0.2, 0) is 0 Å². The molecule has 1 saturated carbocycles. The summed E-state index contributed by atoms with van der Waals surface area (Å²) >= 11 is 1.42. The van der Waals surface area contributed by atoms with Gasteiger partial charge in [-0.25, -0.2) is 4.98 Å². The average molecular weight is 384 g/mol. The molecule has 0 saturated heterocycles. The van der Waals surface area contributed by atoms with Gasteiger partial charge in [0, 0.05) is 6.04 Å². The highest BCUT2D eigenvalue weighted by Crippen LogP contribution is 2.25. The quantitative estimate of drug-likeness (QED) is 0.727. The van der Waals surface area contributed by atoms with E-state index in [9.17, 15) is 4.79 Å². The number of methoxy groups -OCH3 is 1. The first-order valence-electron chi connectivity index (χ1n) is 8.90. The summed E-state index contributed by atoms with van der Waals surface area (Å²) < 4.78 is 12.0. The number of carbonyl (C=O) groups is 1. The third-order valence-electron chi connectivity index (χ3n) is 4.58. The first kappa shape index (κ1) is 17.7. The highest BCUT2D eigenvalue weighted by Gasteiger charge is 2.25. The number of hydrogen-bond donors (Lipinski definition) is 1. The fourth-order valence-electron chi connectivity index (χ4n) is 3.20. The Morgan fingerprint density at radius 2 is 1.89 bits per heavy atom. The van der Waals surface area contributed by atoms with E-state index in [0.717, 1.165) is 35.9 Å². The molecular formula is C19H20N4O3S. The molecule has 2 heterocycles. The van der Waals surface area contributed by atoms with E-state index in [4.69, 9.17) is 9.47 Å². The molecule has 0 atom stereocenters. The number of nitrogens with one attached hydrogen (secondary N) is 1. The van der Waals surface area contributed by atoms with E-state index < -0.39 is 0 Å². The smallest absolute Gasteiger partial charge is 0.280 e. The molecule has 0 bridgehead atoms. The van der Waals surface area contributed by atoms with Gasteiger partial charge in [0.25, 0.3) is 5.91 Å². The van der Waals surface area contributed by atoms with E-state index in [1.807, 2.05) is 24.3 Å². The van der Waals surface area contributed by atoms with Crippen LogP contribution in [0.5, 0.6) is 11.8 Å². The van der Waals surface area contributed by atoms with Crippen LogP contribution >= 0.6 is 11.3 Å². The van der Waals surface area contributed by atoms with Gasteiger partial charge in [0.1, 0.15) is 6.10 Å². The minimum atomic E-state index is -0.0979. The third kappa shape index (κ3) is 4.16. The average Bonchev–Trinajstić information content (AvgIpc) is 3.14. The van der Waals surface area contributed by atoms with E-state index in [0.29, 0.717) is 16.8 Å². The maximum absolute atomic E-state index is 12.5. The van der Waals surface area contributed by atoms with Crippen molar-refractivity contribution in [2.24, 2.45) is 0 Å². The first-order chi connectivity index (χ1) is 13.2. The van der Waals surface area contributed by atoms with Crippen molar-refractivity contribution < 1.29 is 14.3 Å². The van der Waals surface area contributed by atoms with Crippen LogP contribution in [0.25, 0.3) is 10.2 Å². The summed E-state index contributed by atoms with van der Waals surface area (Å²) in [6.07, 6.45) is 6.62. The maximum Gasteiger partial charge on any atom is 0.280 e. The molecule has 4 rings (SSSR count). The second kappa shape index (κ2) is 7.87. The van der Waals surface area contributed by atoms with Crippen LogP contribution in [0.1, 0.15) is 35.5 Å². The molecule has 1 aromatic carbocycles. The molecule has 27 heavy (non-hydrogen) atoms. The normalized spacial score (nSPS) is 19.6. The molecule has 140 valence electrons. The standard InChI is InChI=1S/C19H20N4O3S/c1-25-16-10-20-11-17(23-16)26-13-8-6-12(7-9-13)21-18(24)19-22-14-4-2-3-5-15(14)27-19/h2-5,10-13H,6-9H2,1H3,(H,21,24). The molecule has 7 nitrogen and oxygen atoms in total.